The van der Waals surface area contributed by atoms with Gasteiger partial charge in [-0.25, -0.2) is 13.6 Å². The minimum atomic E-state index is -3.88. The third-order valence-electron chi connectivity index (χ3n) is 5.21. The number of hydrogen-bond acceptors (Lipinski definition) is 4. The van der Waals surface area contributed by atoms with Crippen LogP contribution < -0.4 is 9.88 Å². The highest BCUT2D eigenvalue weighted by molar-refractivity contribution is 7.89. The molecule has 1 fully saturated rings. The van der Waals surface area contributed by atoms with Gasteiger partial charge in [0.15, 0.2) is 0 Å². The quantitative estimate of drug-likeness (QED) is 0.833. The second kappa shape index (κ2) is 8.32. The van der Waals surface area contributed by atoms with E-state index in [2.05, 4.69) is 0 Å². The molecule has 6 nitrogen and oxygen atoms in total. The van der Waals surface area contributed by atoms with Crippen molar-refractivity contribution in [1.29, 1.82) is 0 Å². The Morgan fingerprint density at radius 3 is 2.61 bits per heavy atom. The van der Waals surface area contributed by atoms with Gasteiger partial charge in [-0.1, -0.05) is 18.2 Å². The summed E-state index contributed by atoms with van der Waals surface area (Å²) in [5.74, 6) is 0.887. The van der Waals surface area contributed by atoms with Crippen molar-refractivity contribution < 1.29 is 17.9 Å². The number of ether oxygens (including phenoxy) is 1. The molecule has 28 heavy (non-hydrogen) atoms. The fraction of sp³-hybridized carbons (Fsp3) is 0.381. The van der Waals surface area contributed by atoms with E-state index < -0.39 is 10.0 Å². The summed E-state index contributed by atoms with van der Waals surface area (Å²) in [5, 5.41) is 5.32. The standard InChI is InChI=1S/C21H26N2O4S/c1-15-11-18(12-20(16(15)2)28(22,25)26)21(24)23-10-6-7-17(13-23)14-27-19-8-4-3-5-9-19/h3-5,8-9,11-12,17H,6-7,10,13-14H2,1-2H3,(H2,22,25,26). The van der Waals surface area contributed by atoms with E-state index in [4.69, 9.17) is 9.88 Å². The van der Waals surface area contributed by atoms with Crippen LogP contribution in [0.4, 0.5) is 0 Å². The topological polar surface area (TPSA) is 89.7 Å². The second-order valence-electron chi connectivity index (χ2n) is 7.34. The normalized spacial score (nSPS) is 17.4. The summed E-state index contributed by atoms with van der Waals surface area (Å²) >= 11 is 0. The van der Waals surface area contributed by atoms with Crippen LogP contribution in [-0.4, -0.2) is 38.9 Å². The van der Waals surface area contributed by atoms with Crippen molar-refractivity contribution in [3.8, 4) is 5.75 Å². The number of likely N-dealkylation sites (tertiary alicyclic amines) is 1. The van der Waals surface area contributed by atoms with Gasteiger partial charge >= 0.3 is 0 Å². The first kappa shape index (κ1) is 20.4. The van der Waals surface area contributed by atoms with Crippen LogP contribution in [0.1, 0.15) is 34.3 Å². The zero-order valence-corrected chi connectivity index (χ0v) is 17.0. The average Bonchev–Trinajstić information content (AvgIpc) is 2.68. The maximum atomic E-state index is 13.0. The van der Waals surface area contributed by atoms with Gasteiger partial charge in [-0.15, -0.1) is 0 Å². The highest BCUT2D eigenvalue weighted by Crippen LogP contribution is 2.24. The molecule has 0 radical (unpaired) electrons. The number of sulfonamides is 1. The van der Waals surface area contributed by atoms with Gasteiger partial charge in [0, 0.05) is 24.6 Å². The lowest BCUT2D eigenvalue weighted by Gasteiger charge is -2.33. The van der Waals surface area contributed by atoms with Crippen LogP contribution in [0.2, 0.25) is 0 Å². The molecular weight excluding hydrogens is 376 g/mol. The Labute approximate surface area is 166 Å². The van der Waals surface area contributed by atoms with E-state index in [9.17, 15) is 13.2 Å². The molecule has 1 unspecified atom stereocenters. The molecule has 2 N–H and O–H groups in total. The number of nitrogens with two attached hydrogens (primary N) is 1. The molecule has 0 spiro atoms. The number of hydrogen-bond donors (Lipinski definition) is 1. The molecule has 1 saturated heterocycles. The summed E-state index contributed by atoms with van der Waals surface area (Å²) in [6, 6.07) is 12.7. The van der Waals surface area contributed by atoms with Crippen molar-refractivity contribution in [2.75, 3.05) is 19.7 Å². The SMILES string of the molecule is Cc1cc(C(=O)N2CCCC(COc3ccccc3)C2)cc(S(N)(=O)=O)c1C. The van der Waals surface area contributed by atoms with Gasteiger partial charge in [0.05, 0.1) is 11.5 Å². The highest BCUT2D eigenvalue weighted by Gasteiger charge is 2.26. The lowest BCUT2D eigenvalue weighted by Crippen LogP contribution is -2.41. The Hall–Kier alpha value is -2.38. The summed E-state index contributed by atoms with van der Waals surface area (Å²) in [6.45, 7) is 5.26. The number of carbonyl (C=O) groups is 1. The number of para-hydroxylation sites is 1. The van der Waals surface area contributed by atoms with Crippen molar-refractivity contribution in [2.24, 2.45) is 11.1 Å². The molecule has 0 aliphatic carbocycles. The Morgan fingerprint density at radius 2 is 1.93 bits per heavy atom. The summed E-state index contributed by atoms with van der Waals surface area (Å²) in [5.41, 5.74) is 1.67. The molecule has 2 aromatic rings. The number of aryl methyl sites for hydroxylation is 1. The molecule has 150 valence electrons. The van der Waals surface area contributed by atoms with Crippen molar-refractivity contribution in [3.05, 3.63) is 59.2 Å². The predicted octanol–water partition coefficient (Wildman–Crippen LogP) is 2.88. The molecule has 1 atom stereocenters. The molecular formula is C21H26N2O4S. The first-order chi connectivity index (χ1) is 13.3. The van der Waals surface area contributed by atoms with Gasteiger partial charge < -0.3 is 9.64 Å². The number of rotatable bonds is 5. The monoisotopic (exact) mass is 402 g/mol. The zero-order valence-electron chi connectivity index (χ0n) is 16.2. The van der Waals surface area contributed by atoms with E-state index in [1.807, 2.05) is 30.3 Å². The number of primary sulfonamides is 1. The van der Waals surface area contributed by atoms with Crippen LogP contribution in [0.3, 0.4) is 0 Å². The molecule has 1 aliphatic rings. The van der Waals surface area contributed by atoms with Crippen LogP contribution in [0.15, 0.2) is 47.4 Å². The van der Waals surface area contributed by atoms with Gasteiger partial charge in [-0.2, -0.15) is 0 Å². The van der Waals surface area contributed by atoms with E-state index in [0.717, 1.165) is 24.2 Å². The summed E-state index contributed by atoms with van der Waals surface area (Å²) in [4.78, 5) is 14.8. The first-order valence-corrected chi connectivity index (χ1v) is 10.9. The molecule has 2 aromatic carbocycles. The summed E-state index contributed by atoms with van der Waals surface area (Å²) in [7, 11) is -3.88. The lowest BCUT2D eigenvalue weighted by molar-refractivity contribution is 0.0633. The van der Waals surface area contributed by atoms with Crippen LogP contribution >= 0.6 is 0 Å². The minimum Gasteiger partial charge on any atom is -0.493 e. The van der Waals surface area contributed by atoms with E-state index >= 15 is 0 Å². The fourth-order valence-electron chi connectivity index (χ4n) is 3.54. The van der Waals surface area contributed by atoms with Crippen molar-refractivity contribution in [1.82, 2.24) is 4.90 Å². The largest absolute Gasteiger partial charge is 0.493 e. The molecule has 1 aliphatic heterocycles. The van der Waals surface area contributed by atoms with Gasteiger partial charge in [0.25, 0.3) is 5.91 Å². The third-order valence-corrected chi connectivity index (χ3v) is 6.25. The number of amides is 1. The molecule has 0 bridgehead atoms. The van der Waals surface area contributed by atoms with E-state index in [0.29, 0.717) is 30.8 Å². The Morgan fingerprint density at radius 1 is 1.21 bits per heavy atom. The fourth-order valence-corrected chi connectivity index (χ4v) is 4.42. The molecule has 0 aromatic heterocycles. The minimum absolute atomic E-state index is 0.0109. The van der Waals surface area contributed by atoms with Crippen LogP contribution in [0.5, 0.6) is 5.75 Å². The van der Waals surface area contributed by atoms with Crippen LogP contribution in [0.25, 0.3) is 0 Å². The van der Waals surface area contributed by atoms with Crippen molar-refractivity contribution in [3.63, 3.8) is 0 Å². The van der Waals surface area contributed by atoms with Gasteiger partial charge in [-0.3, -0.25) is 4.79 Å². The predicted molar refractivity (Wildman–Crippen MR) is 108 cm³/mol. The van der Waals surface area contributed by atoms with E-state index in [1.165, 1.54) is 6.07 Å². The number of piperidine rings is 1. The maximum absolute atomic E-state index is 13.0. The molecule has 0 saturated carbocycles. The molecule has 1 amide bonds. The Balaban J connectivity index is 1.73. The van der Waals surface area contributed by atoms with Gasteiger partial charge in [0.1, 0.15) is 5.75 Å². The second-order valence-corrected chi connectivity index (χ2v) is 8.87. The maximum Gasteiger partial charge on any atom is 0.253 e. The van der Waals surface area contributed by atoms with Crippen molar-refractivity contribution in [2.45, 2.75) is 31.6 Å². The van der Waals surface area contributed by atoms with Crippen LogP contribution in [0, 0.1) is 19.8 Å². The number of carbonyl (C=O) groups excluding carboxylic acids is 1. The molecule has 7 heteroatoms. The lowest BCUT2D eigenvalue weighted by atomic mass is 9.97. The van der Waals surface area contributed by atoms with E-state index in [1.54, 1.807) is 24.8 Å². The number of benzene rings is 2. The smallest absolute Gasteiger partial charge is 0.253 e. The molecule has 3 rings (SSSR count). The van der Waals surface area contributed by atoms with Crippen LogP contribution in [-0.2, 0) is 10.0 Å². The Kier molecular flexibility index (Phi) is 6.05. The molecule has 1 heterocycles. The average molecular weight is 403 g/mol. The van der Waals surface area contributed by atoms with E-state index in [-0.39, 0.29) is 16.7 Å². The number of nitrogens with zero attached hydrogens (tertiary/aromatic N) is 1. The van der Waals surface area contributed by atoms with Crippen molar-refractivity contribution >= 4 is 15.9 Å². The Bertz CT molecular complexity index is 958. The third kappa shape index (κ3) is 4.72. The first-order valence-electron chi connectivity index (χ1n) is 9.37. The van der Waals surface area contributed by atoms with Gasteiger partial charge in [-0.05, 0) is 62.1 Å². The zero-order chi connectivity index (χ0) is 20.3. The summed E-state index contributed by atoms with van der Waals surface area (Å²) in [6.07, 6.45) is 1.88. The van der Waals surface area contributed by atoms with Gasteiger partial charge in [0.2, 0.25) is 10.0 Å². The highest BCUT2D eigenvalue weighted by atomic mass is 32.2. The summed E-state index contributed by atoms with van der Waals surface area (Å²) < 4.78 is 29.6.